The maximum absolute atomic E-state index is 11.8. The summed E-state index contributed by atoms with van der Waals surface area (Å²) in [7, 11) is 0. The van der Waals surface area contributed by atoms with Crippen molar-refractivity contribution in [2.24, 2.45) is 0 Å². The predicted molar refractivity (Wildman–Crippen MR) is 86.9 cm³/mol. The van der Waals surface area contributed by atoms with Gasteiger partial charge in [0.05, 0.1) is 6.54 Å². The summed E-state index contributed by atoms with van der Waals surface area (Å²) >= 11 is 3.34. The SMILES string of the molecule is Cc1cc(Br)ccc1NC(=O)CNC(=O)c1ccc[nH]c1=O. The van der Waals surface area contributed by atoms with Crippen LogP contribution in [0.2, 0.25) is 0 Å². The van der Waals surface area contributed by atoms with Crippen molar-refractivity contribution < 1.29 is 9.59 Å². The van der Waals surface area contributed by atoms with Gasteiger partial charge in [0, 0.05) is 16.4 Å². The van der Waals surface area contributed by atoms with Gasteiger partial charge in [-0.25, -0.2) is 0 Å². The molecule has 1 heterocycles. The molecule has 0 unspecified atom stereocenters. The van der Waals surface area contributed by atoms with Gasteiger partial charge in [-0.05, 0) is 42.8 Å². The third-order valence-corrected chi connectivity index (χ3v) is 3.43. The number of aromatic amines is 1. The smallest absolute Gasteiger partial charge is 0.260 e. The van der Waals surface area contributed by atoms with Gasteiger partial charge in [0.15, 0.2) is 0 Å². The molecule has 2 rings (SSSR count). The number of carbonyl (C=O) groups is 2. The maximum atomic E-state index is 11.8. The second-order valence-electron chi connectivity index (χ2n) is 4.60. The van der Waals surface area contributed by atoms with Crippen molar-refractivity contribution in [2.75, 3.05) is 11.9 Å². The van der Waals surface area contributed by atoms with Gasteiger partial charge in [-0.2, -0.15) is 0 Å². The molecule has 0 saturated heterocycles. The summed E-state index contributed by atoms with van der Waals surface area (Å²) in [4.78, 5) is 37.5. The molecule has 0 aliphatic heterocycles. The lowest BCUT2D eigenvalue weighted by molar-refractivity contribution is -0.115. The van der Waals surface area contributed by atoms with Crippen molar-refractivity contribution in [1.29, 1.82) is 0 Å². The number of aromatic nitrogens is 1. The highest BCUT2D eigenvalue weighted by Crippen LogP contribution is 2.19. The highest BCUT2D eigenvalue weighted by Gasteiger charge is 2.11. The Hall–Kier alpha value is -2.41. The fourth-order valence-corrected chi connectivity index (χ4v) is 2.29. The number of pyridine rings is 1. The Morgan fingerprint density at radius 3 is 2.73 bits per heavy atom. The van der Waals surface area contributed by atoms with E-state index in [-0.39, 0.29) is 18.0 Å². The van der Waals surface area contributed by atoms with Crippen LogP contribution in [0.5, 0.6) is 0 Å². The van der Waals surface area contributed by atoms with E-state index >= 15 is 0 Å². The molecule has 2 amide bonds. The Labute approximate surface area is 135 Å². The first-order chi connectivity index (χ1) is 10.5. The van der Waals surface area contributed by atoms with Gasteiger partial charge in [0.25, 0.3) is 11.5 Å². The number of hydrogen-bond donors (Lipinski definition) is 3. The summed E-state index contributed by atoms with van der Waals surface area (Å²) in [5.41, 5.74) is 1.04. The van der Waals surface area contributed by atoms with E-state index in [9.17, 15) is 14.4 Å². The van der Waals surface area contributed by atoms with Gasteiger partial charge in [0.1, 0.15) is 5.56 Å². The molecule has 3 N–H and O–H groups in total. The molecule has 0 radical (unpaired) electrons. The zero-order valence-electron chi connectivity index (χ0n) is 11.8. The minimum absolute atomic E-state index is 0.0323. The first-order valence-electron chi connectivity index (χ1n) is 6.49. The van der Waals surface area contributed by atoms with Gasteiger partial charge in [-0.1, -0.05) is 15.9 Å². The van der Waals surface area contributed by atoms with Crippen LogP contribution in [0.15, 0.2) is 45.8 Å². The monoisotopic (exact) mass is 363 g/mol. The molecule has 1 aromatic carbocycles. The Balaban J connectivity index is 1.94. The molecule has 0 atom stereocenters. The van der Waals surface area contributed by atoms with Gasteiger partial charge in [-0.3, -0.25) is 14.4 Å². The predicted octanol–water partition coefficient (Wildman–Crippen LogP) is 1.81. The van der Waals surface area contributed by atoms with Crippen molar-refractivity contribution in [3.05, 3.63) is 62.5 Å². The van der Waals surface area contributed by atoms with Crippen LogP contribution in [0.3, 0.4) is 0 Å². The Morgan fingerprint density at radius 1 is 1.27 bits per heavy atom. The van der Waals surface area contributed by atoms with Crippen LogP contribution < -0.4 is 16.2 Å². The zero-order chi connectivity index (χ0) is 16.1. The number of nitrogens with one attached hydrogen (secondary N) is 3. The quantitative estimate of drug-likeness (QED) is 0.773. The third-order valence-electron chi connectivity index (χ3n) is 2.93. The number of anilines is 1. The first-order valence-corrected chi connectivity index (χ1v) is 7.28. The topological polar surface area (TPSA) is 91.1 Å². The number of H-pyrrole nitrogens is 1. The number of carbonyl (C=O) groups excluding carboxylic acids is 2. The molecule has 0 bridgehead atoms. The van der Waals surface area contributed by atoms with Gasteiger partial charge in [0.2, 0.25) is 5.91 Å². The number of amides is 2. The van der Waals surface area contributed by atoms with Crippen LogP contribution in [-0.4, -0.2) is 23.3 Å². The molecule has 7 heteroatoms. The number of benzene rings is 1. The van der Waals surface area contributed by atoms with Crippen LogP contribution in [0, 0.1) is 6.92 Å². The van der Waals surface area contributed by atoms with E-state index in [4.69, 9.17) is 0 Å². The third kappa shape index (κ3) is 4.05. The summed E-state index contributed by atoms with van der Waals surface area (Å²) in [6, 6.07) is 8.38. The van der Waals surface area contributed by atoms with E-state index in [2.05, 4.69) is 31.5 Å². The lowest BCUT2D eigenvalue weighted by atomic mass is 10.2. The van der Waals surface area contributed by atoms with Crippen molar-refractivity contribution >= 4 is 33.4 Å². The van der Waals surface area contributed by atoms with E-state index in [0.717, 1.165) is 10.0 Å². The van der Waals surface area contributed by atoms with E-state index in [1.807, 2.05) is 19.1 Å². The minimum atomic E-state index is -0.593. The molecule has 22 heavy (non-hydrogen) atoms. The van der Waals surface area contributed by atoms with E-state index in [1.165, 1.54) is 12.3 Å². The fraction of sp³-hybridized carbons (Fsp3) is 0.133. The van der Waals surface area contributed by atoms with Gasteiger partial charge < -0.3 is 15.6 Å². The molecular weight excluding hydrogens is 350 g/mol. The van der Waals surface area contributed by atoms with Crippen LogP contribution in [0.4, 0.5) is 5.69 Å². The Bertz CT molecular complexity index is 771. The summed E-state index contributed by atoms with van der Waals surface area (Å²) in [6.45, 7) is 1.64. The molecule has 2 aromatic rings. The summed E-state index contributed by atoms with van der Waals surface area (Å²) in [5, 5.41) is 5.11. The van der Waals surface area contributed by atoms with Crippen LogP contribution in [0.25, 0.3) is 0 Å². The minimum Gasteiger partial charge on any atom is -0.343 e. The zero-order valence-corrected chi connectivity index (χ0v) is 13.4. The molecule has 6 nitrogen and oxygen atoms in total. The molecule has 114 valence electrons. The Kier molecular flexibility index (Phi) is 5.11. The molecule has 1 aromatic heterocycles. The summed E-state index contributed by atoms with van der Waals surface area (Å²) in [6.07, 6.45) is 1.43. The van der Waals surface area contributed by atoms with Crippen LogP contribution >= 0.6 is 15.9 Å². The van der Waals surface area contributed by atoms with E-state index < -0.39 is 11.5 Å². The maximum Gasteiger partial charge on any atom is 0.260 e. The molecule has 0 fully saturated rings. The first kappa shape index (κ1) is 16.0. The molecule has 0 aliphatic rings. The lowest BCUT2D eigenvalue weighted by Crippen LogP contribution is -2.35. The summed E-state index contributed by atoms with van der Waals surface area (Å²) in [5.74, 6) is -0.962. The molecular formula is C15H14BrN3O3. The van der Waals surface area contributed by atoms with Gasteiger partial charge >= 0.3 is 0 Å². The largest absolute Gasteiger partial charge is 0.343 e. The molecule has 0 spiro atoms. The van der Waals surface area contributed by atoms with Crippen molar-refractivity contribution in [3.63, 3.8) is 0 Å². The van der Waals surface area contributed by atoms with Gasteiger partial charge in [-0.15, -0.1) is 0 Å². The lowest BCUT2D eigenvalue weighted by Gasteiger charge is -2.09. The Morgan fingerprint density at radius 2 is 2.05 bits per heavy atom. The number of rotatable bonds is 4. The summed E-state index contributed by atoms with van der Waals surface area (Å²) < 4.78 is 0.916. The fourth-order valence-electron chi connectivity index (χ4n) is 1.82. The number of hydrogen-bond acceptors (Lipinski definition) is 3. The van der Waals surface area contributed by atoms with E-state index in [0.29, 0.717) is 5.69 Å². The highest BCUT2D eigenvalue weighted by atomic mass is 79.9. The standard InChI is InChI=1S/C15H14BrN3O3/c1-9-7-10(16)4-5-12(9)19-13(20)8-18-15(22)11-3-2-6-17-14(11)21/h2-7H,8H2,1H3,(H,17,21)(H,18,22)(H,19,20). The molecule has 0 aliphatic carbocycles. The second kappa shape index (κ2) is 7.04. The van der Waals surface area contributed by atoms with Crippen molar-refractivity contribution in [3.8, 4) is 0 Å². The number of halogens is 1. The van der Waals surface area contributed by atoms with Crippen LogP contribution in [-0.2, 0) is 4.79 Å². The van der Waals surface area contributed by atoms with Crippen molar-refractivity contribution in [2.45, 2.75) is 6.92 Å². The average Bonchev–Trinajstić information content (AvgIpc) is 2.48. The van der Waals surface area contributed by atoms with Crippen LogP contribution in [0.1, 0.15) is 15.9 Å². The normalized spacial score (nSPS) is 10.1. The molecule has 0 saturated carbocycles. The van der Waals surface area contributed by atoms with Crippen molar-refractivity contribution in [1.82, 2.24) is 10.3 Å². The average molecular weight is 364 g/mol. The highest BCUT2D eigenvalue weighted by molar-refractivity contribution is 9.10. The number of aryl methyl sites for hydroxylation is 1. The second-order valence-corrected chi connectivity index (χ2v) is 5.52. The van der Waals surface area contributed by atoms with E-state index in [1.54, 1.807) is 12.1 Å².